The summed E-state index contributed by atoms with van der Waals surface area (Å²) in [4.78, 5) is 0. The average Bonchev–Trinajstić information content (AvgIpc) is 2.39. The van der Waals surface area contributed by atoms with Crippen LogP contribution in [-0.2, 0) is 12.8 Å². The lowest BCUT2D eigenvalue weighted by atomic mass is 10.2. The second kappa shape index (κ2) is 5.75. The van der Waals surface area contributed by atoms with Crippen molar-refractivity contribution in [2.75, 3.05) is 5.73 Å². The van der Waals surface area contributed by atoms with Crippen molar-refractivity contribution in [2.45, 2.75) is 12.8 Å². The molecule has 0 fully saturated rings. The Morgan fingerprint density at radius 1 is 1.10 bits per heavy atom. The lowest BCUT2D eigenvalue weighted by Crippen LogP contribution is -2.05. The van der Waals surface area contributed by atoms with Gasteiger partial charge in [0, 0.05) is 10.2 Å². The molecule has 0 saturated carbocycles. The largest absolute Gasteiger partial charge is 0.489 e. The van der Waals surface area contributed by atoms with E-state index in [1.54, 1.807) is 18.2 Å². The summed E-state index contributed by atoms with van der Waals surface area (Å²) in [6.45, 7) is 0.152. The fourth-order valence-electron chi connectivity index (χ4n) is 1.61. The number of ether oxygens (including phenoxy) is 1. The highest BCUT2D eigenvalue weighted by atomic mass is 79.9. The van der Waals surface area contributed by atoms with Crippen LogP contribution in [0, 0.1) is 0 Å². The number of halogens is 4. The lowest BCUT2D eigenvalue weighted by molar-refractivity contribution is -0.137. The van der Waals surface area contributed by atoms with Gasteiger partial charge in [-0.25, -0.2) is 0 Å². The minimum Gasteiger partial charge on any atom is -0.489 e. The van der Waals surface area contributed by atoms with Crippen molar-refractivity contribution < 1.29 is 17.9 Å². The van der Waals surface area contributed by atoms with Gasteiger partial charge < -0.3 is 10.5 Å². The number of nitrogen functional groups attached to an aromatic ring is 1. The van der Waals surface area contributed by atoms with Gasteiger partial charge in [0.2, 0.25) is 0 Å². The molecule has 0 saturated heterocycles. The molecule has 0 heterocycles. The fourth-order valence-corrected chi connectivity index (χ4v) is 1.86. The first-order chi connectivity index (χ1) is 9.36. The number of hydrogen-bond donors (Lipinski definition) is 1. The van der Waals surface area contributed by atoms with Crippen molar-refractivity contribution in [1.82, 2.24) is 0 Å². The van der Waals surface area contributed by atoms with Crippen LogP contribution in [0.5, 0.6) is 5.75 Å². The molecule has 2 aromatic carbocycles. The maximum Gasteiger partial charge on any atom is 0.416 e. The van der Waals surface area contributed by atoms with Crippen LogP contribution < -0.4 is 10.5 Å². The third kappa shape index (κ3) is 3.66. The molecule has 0 bridgehead atoms. The molecule has 2 N–H and O–H groups in total. The Hall–Kier alpha value is -1.69. The molecule has 2 rings (SSSR count). The summed E-state index contributed by atoms with van der Waals surface area (Å²) in [5.74, 6) is 0.168. The van der Waals surface area contributed by atoms with E-state index in [4.69, 9.17) is 10.5 Å². The molecule has 106 valence electrons. The third-order valence-electron chi connectivity index (χ3n) is 2.63. The van der Waals surface area contributed by atoms with Crippen molar-refractivity contribution in [2.24, 2.45) is 0 Å². The highest BCUT2D eigenvalue weighted by Crippen LogP contribution is 2.31. The summed E-state index contributed by atoms with van der Waals surface area (Å²) in [6.07, 6.45) is -4.37. The van der Waals surface area contributed by atoms with Crippen molar-refractivity contribution >= 4 is 21.6 Å². The average molecular weight is 346 g/mol. The van der Waals surface area contributed by atoms with Crippen LogP contribution in [0.1, 0.15) is 11.1 Å². The minimum atomic E-state index is -4.37. The van der Waals surface area contributed by atoms with Gasteiger partial charge in [0.1, 0.15) is 12.4 Å². The van der Waals surface area contributed by atoms with Crippen LogP contribution in [0.2, 0.25) is 0 Å². The number of benzene rings is 2. The quantitative estimate of drug-likeness (QED) is 0.823. The van der Waals surface area contributed by atoms with E-state index in [2.05, 4.69) is 15.9 Å². The Kier molecular flexibility index (Phi) is 4.23. The van der Waals surface area contributed by atoms with Gasteiger partial charge in [0.25, 0.3) is 0 Å². The Bertz CT molecular complexity index is 614. The van der Waals surface area contributed by atoms with E-state index in [1.807, 2.05) is 0 Å². The van der Waals surface area contributed by atoms with Gasteiger partial charge in [-0.3, -0.25) is 0 Å². The normalized spacial score (nSPS) is 11.4. The van der Waals surface area contributed by atoms with Crippen LogP contribution in [0.4, 0.5) is 18.9 Å². The van der Waals surface area contributed by atoms with E-state index in [0.29, 0.717) is 5.69 Å². The highest BCUT2D eigenvalue weighted by Gasteiger charge is 2.30. The number of alkyl halides is 3. The first-order valence-electron chi connectivity index (χ1n) is 5.70. The molecular formula is C14H11BrF3NO. The van der Waals surface area contributed by atoms with Crippen LogP contribution in [0.3, 0.4) is 0 Å². The molecule has 0 aliphatic carbocycles. The third-order valence-corrected chi connectivity index (χ3v) is 3.35. The maximum atomic E-state index is 12.6. The SMILES string of the molecule is Nc1cc(COc2cccc(C(F)(F)F)c2)ccc1Br. The molecule has 0 atom stereocenters. The molecule has 0 spiro atoms. The van der Waals surface area contributed by atoms with E-state index in [-0.39, 0.29) is 12.4 Å². The Morgan fingerprint density at radius 2 is 1.85 bits per heavy atom. The monoisotopic (exact) mass is 345 g/mol. The van der Waals surface area contributed by atoms with E-state index >= 15 is 0 Å². The van der Waals surface area contributed by atoms with E-state index < -0.39 is 11.7 Å². The number of hydrogen-bond acceptors (Lipinski definition) is 2. The smallest absolute Gasteiger partial charge is 0.416 e. The van der Waals surface area contributed by atoms with Gasteiger partial charge in [-0.05, 0) is 51.8 Å². The summed E-state index contributed by atoms with van der Waals surface area (Å²) in [6, 6.07) is 10.0. The molecule has 6 heteroatoms. The summed E-state index contributed by atoms with van der Waals surface area (Å²) in [5.41, 5.74) is 6.32. The fraction of sp³-hybridized carbons (Fsp3) is 0.143. The summed E-state index contributed by atoms with van der Waals surface area (Å²) in [5, 5.41) is 0. The predicted molar refractivity (Wildman–Crippen MR) is 74.3 cm³/mol. The van der Waals surface area contributed by atoms with E-state index in [1.165, 1.54) is 12.1 Å². The van der Waals surface area contributed by atoms with Crippen LogP contribution in [-0.4, -0.2) is 0 Å². The van der Waals surface area contributed by atoms with Gasteiger partial charge in [-0.2, -0.15) is 13.2 Å². The predicted octanol–water partition coefficient (Wildman–Crippen LogP) is 4.63. The standard InChI is InChI=1S/C14H11BrF3NO/c15-12-5-4-9(6-13(12)19)8-20-11-3-1-2-10(7-11)14(16,17)18/h1-7H,8,19H2. The van der Waals surface area contributed by atoms with Crippen LogP contribution >= 0.6 is 15.9 Å². The first-order valence-corrected chi connectivity index (χ1v) is 6.49. The van der Waals surface area contributed by atoms with Crippen molar-refractivity contribution in [1.29, 1.82) is 0 Å². The van der Waals surface area contributed by atoms with Gasteiger partial charge in [-0.15, -0.1) is 0 Å². The second-order valence-electron chi connectivity index (χ2n) is 4.17. The van der Waals surface area contributed by atoms with Gasteiger partial charge in [0.15, 0.2) is 0 Å². The molecule has 0 radical (unpaired) electrons. The Labute approximate surface area is 122 Å². The molecule has 0 aliphatic rings. The molecular weight excluding hydrogens is 335 g/mol. The first kappa shape index (κ1) is 14.7. The van der Waals surface area contributed by atoms with Crippen molar-refractivity contribution in [3.05, 3.63) is 58.1 Å². The molecule has 0 aromatic heterocycles. The van der Waals surface area contributed by atoms with Crippen LogP contribution in [0.25, 0.3) is 0 Å². The Morgan fingerprint density at radius 3 is 2.50 bits per heavy atom. The number of anilines is 1. The summed E-state index contributed by atoms with van der Waals surface area (Å²) in [7, 11) is 0. The summed E-state index contributed by atoms with van der Waals surface area (Å²) >= 11 is 3.27. The maximum absolute atomic E-state index is 12.6. The number of nitrogens with two attached hydrogens (primary N) is 1. The van der Waals surface area contributed by atoms with Gasteiger partial charge in [0.05, 0.1) is 5.56 Å². The minimum absolute atomic E-state index is 0.152. The van der Waals surface area contributed by atoms with E-state index in [9.17, 15) is 13.2 Å². The zero-order valence-corrected chi connectivity index (χ0v) is 11.8. The van der Waals surface area contributed by atoms with Crippen molar-refractivity contribution in [3.8, 4) is 5.75 Å². The van der Waals surface area contributed by atoms with Gasteiger partial charge >= 0.3 is 6.18 Å². The van der Waals surface area contributed by atoms with Gasteiger partial charge in [-0.1, -0.05) is 12.1 Å². The molecule has 0 unspecified atom stereocenters. The number of rotatable bonds is 3. The zero-order chi connectivity index (χ0) is 14.8. The molecule has 20 heavy (non-hydrogen) atoms. The zero-order valence-electron chi connectivity index (χ0n) is 10.2. The molecule has 2 nitrogen and oxygen atoms in total. The highest BCUT2D eigenvalue weighted by molar-refractivity contribution is 9.10. The van der Waals surface area contributed by atoms with Crippen LogP contribution in [0.15, 0.2) is 46.9 Å². The van der Waals surface area contributed by atoms with E-state index in [0.717, 1.165) is 22.2 Å². The molecule has 2 aromatic rings. The summed E-state index contributed by atoms with van der Waals surface area (Å²) < 4.78 is 43.8. The molecule has 0 aliphatic heterocycles. The second-order valence-corrected chi connectivity index (χ2v) is 5.02. The lowest BCUT2D eigenvalue weighted by Gasteiger charge is -2.10. The topological polar surface area (TPSA) is 35.2 Å². The molecule has 0 amide bonds. The van der Waals surface area contributed by atoms with Crippen molar-refractivity contribution in [3.63, 3.8) is 0 Å². The Balaban J connectivity index is 2.09.